The third kappa shape index (κ3) is 5.86. The van der Waals surface area contributed by atoms with Gasteiger partial charge in [-0.25, -0.2) is 0 Å². The minimum absolute atomic E-state index is 0.902. The number of nitrogens with zero attached hydrogens (tertiary/aromatic N) is 1. The molecule has 0 N–H and O–H groups in total. The van der Waals surface area contributed by atoms with Gasteiger partial charge in [-0.3, -0.25) is 0 Å². The van der Waals surface area contributed by atoms with E-state index in [2.05, 4.69) is 225 Å². The van der Waals surface area contributed by atoms with E-state index in [0.717, 1.165) is 38.8 Å². The average molecular weight is 806 g/mol. The second-order valence-corrected chi connectivity index (χ2v) is 16.7. The Morgan fingerprint density at radius 3 is 1.62 bits per heavy atom. The Hall–Kier alpha value is -7.94. The Labute approximate surface area is 365 Å². The largest absolute Gasteiger partial charge is 0.455 e. The highest BCUT2D eigenvalue weighted by Crippen LogP contribution is 2.45. The molecule has 2 heteroatoms. The van der Waals surface area contributed by atoms with Gasteiger partial charge in [-0.05, 0) is 102 Å². The highest BCUT2D eigenvalue weighted by molar-refractivity contribution is 6.26. The van der Waals surface area contributed by atoms with Gasteiger partial charge in [-0.15, -0.1) is 0 Å². The SMILES string of the molecule is CCC.c1cc(-c2cccc(-n3c4ccc5ccccc5c4c4cccc(-c5cccc6c5oc5ccccc56)c43)c2)cc(-c2ccc3c4ccccc4c4ccccc4c3c2)c1. The molecule has 0 unspecified atom stereocenters. The molecule has 0 aliphatic carbocycles. The summed E-state index contributed by atoms with van der Waals surface area (Å²) in [4.78, 5) is 0. The van der Waals surface area contributed by atoms with Crippen LogP contribution in [0.4, 0.5) is 0 Å². The van der Waals surface area contributed by atoms with E-state index in [1.165, 1.54) is 93.6 Å². The Balaban J connectivity index is 0.00000137. The fourth-order valence-corrected chi connectivity index (χ4v) is 10.1. The van der Waals surface area contributed by atoms with E-state index in [0.29, 0.717) is 0 Å². The topological polar surface area (TPSA) is 18.1 Å². The van der Waals surface area contributed by atoms with Crippen molar-refractivity contribution in [2.24, 2.45) is 0 Å². The molecule has 0 bridgehead atoms. The molecule has 11 aromatic carbocycles. The molecule has 13 rings (SSSR count). The lowest BCUT2D eigenvalue weighted by molar-refractivity contribution is 0.670. The quantitative estimate of drug-likeness (QED) is 0.162. The van der Waals surface area contributed by atoms with Gasteiger partial charge in [0, 0.05) is 38.4 Å². The van der Waals surface area contributed by atoms with Crippen LogP contribution in [0.2, 0.25) is 0 Å². The van der Waals surface area contributed by atoms with Crippen molar-refractivity contribution >= 4 is 86.8 Å². The Kier molecular flexibility index (Phi) is 8.72. The van der Waals surface area contributed by atoms with E-state index in [-0.39, 0.29) is 0 Å². The third-order valence-electron chi connectivity index (χ3n) is 12.7. The van der Waals surface area contributed by atoms with Gasteiger partial charge in [-0.2, -0.15) is 0 Å². The van der Waals surface area contributed by atoms with Gasteiger partial charge in [0.05, 0.1) is 11.0 Å². The highest BCUT2D eigenvalue weighted by atomic mass is 16.3. The van der Waals surface area contributed by atoms with Crippen molar-refractivity contribution in [3.05, 3.63) is 212 Å². The van der Waals surface area contributed by atoms with E-state index in [4.69, 9.17) is 4.42 Å². The molecule has 63 heavy (non-hydrogen) atoms. The third-order valence-corrected chi connectivity index (χ3v) is 12.7. The zero-order valence-electron chi connectivity index (χ0n) is 35.3. The van der Waals surface area contributed by atoms with Crippen LogP contribution in [0.25, 0.3) is 126 Å². The summed E-state index contributed by atoms with van der Waals surface area (Å²) in [6.45, 7) is 4.25. The molecule has 0 atom stereocenters. The first-order valence-electron chi connectivity index (χ1n) is 22.1. The highest BCUT2D eigenvalue weighted by Gasteiger charge is 2.21. The van der Waals surface area contributed by atoms with E-state index >= 15 is 0 Å². The van der Waals surface area contributed by atoms with Crippen LogP contribution in [-0.4, -0.2) is 4.57 Å². The van der Waals surface area contributed by atoms with Crippen LogP contribution < -0.4 is 0 Å². The van der Waals surface area contributed by atoms with Gasteiger partial charge >= 0.3 is 0 Å². The number of benzene rings is 11. The van der Waals surface area contributed by atoms with Crippen molar-refractivity contribution in [2.45, 2.75) is 20.3 Å². The number of hydrogen-bond acceptors (Lipinski definition) is 1. The van der Waals surface area contributed by atoms with Crippen LogP contribution in [0, 0.1) is 0 Å². The minimum atomic E-state index is 0.902. The maximum absolute atomic E-state index is 6.66. The fourth-order valence-electron chi connectivity index (χ4n) is 10.1. The number of fused-ring (bicyclic) bond motifs is 14. The van der Waals surface area contributed by atoms with E-state index in [1.54, 1.807) is 0 Å². The van der Waals surface area contributed by atoms with Crippen molar-refractivity contribution in [2.75, 3.05) is 0 Å². The van der Waals surface area contributed by atoms with Crippen molar-refractivity contribution in [1.29, 1.82) is 0 Å². The first-order chi connectivity index (χ1) is 31.2. The summed E-state index contributed by atoms with van der Waals surface area (Å²) in [5, 5.41) is 14.9. The van der Waals surface area contributed by atoms with Crippen molar-refractivity contribution in [1.82, 2.24) is 4.57 Å². The predicted molar refractivity (Wildman–Crippen MR) is 270 cm³/mol. The Morgan fingerprint density at radius 1 is 0.365 bits per heavy atom. The maximum Gasteiger partial charge on any atom is 0.143 e. The van der Waals surface area contributed by atoms with Crippen LogP contribution >= 0.6 is 0 Å². The predicted octanol–water partition coefficient (Wildman–Crippen LogP) is 17.7. The van der Waals surface area contributed by atoms with E-state index in [9.17, 15) is 0 Å². The number of rotatable bonds is 4. The summed E-state index contributed by atoms with van der Waals surface area (Å²) in [6.07, 6.45) is 1.25. The van der Waals surface area contributed by atoms with Crippen molar-refractivity contribution in [3.63, 3.8) is 0 Å². The van der Waals surface area contributed by atoms with Gasteiger partial charge < -0.3 is 8.98 Å². The molecule has 2 nitrogen and oxygen atoms in total. The number of para-hydroxylation sites is 3. The molecular weight excluding hydrogens is 763 g/mol. The zero-order valence-corrected chi connectivity index (χ0v) is 35.3. The molecule has 0 saturated heterocycles. The molecule has 0 aliphatic heterocycles. The molecule has 2 aromatic heterocycles. The van der Waals surface area contributed by atoms with E-state index < -0.39 is 0 Å². The lowest BCUT2D eigenvalue weighted by Gasteiger charge is -2.14. The summed E-state index contributed by atoms with van der Waals surface area (Å²) < 4.78 is 9.13. The molecule has 0 spiro atoms. The molecule has 298 valence electrons. The summed E-state index contributed by atoms with van der Waals surface area (Å²) in [6, 6.07) is 77.5. The smallest absolute Gasteiger partial charge is 0.143 e. The normalized spacial score (nSPS) is 11.7. The zero-order chi connectivity index (χ0) is 42.0. The van der Waals surface area contributed by atoms with E-state index in [1.807, 2.05) is 6.07 Å². The van der Waals surface area contributed by atoms with Crippen LogP contribution in [0.3, 0.4) is 0 Å². The Bertz CT molecular complexity index is 3880. The number of furan rings is 1. The fraction of sp³-hybridized carbons (Fsp3) is 0.0492. The molecular formula is C61H43NO. The standard InChI is InChI=1S/C58H35NO.C3H8/c1-2-18-42-36(13-1)30-32-54-56(42)52-27-11-24-49(51-26-12-25-50-48-23-7-8-28-55(48)60-58(50)51)57(52)59(54)41-17-10-16-39(34-41)37-14-9-15-38(33-37)40-29-31-47-45-21-4-3-19-43(45)44-20-5-6-22-46(44)53(47)35-40;1-3-2/h1-35H;3H2,1-2H3. The molecule has 0 saturated carbocycles. The van der Waals surface area contributed by atoms with Crippen LogP contribution in [0.5, 0.6) is 0 Å². The Morgan fingerprint density at radius 2 is 0.889 bits per heavy atom. The molecule has 13 aromatic rings. The lowest BCUT2D eigenvalue weighted by atomic mass is 9.91. The summed E-state index contributed by atoms with van der Waals surface area (Å²) in [7, 11) is 0. The number of hydrogen-bond donors (Lipinski definition) is 0. The molecule has 2 heterocycles. The first-order valence-corrected chi connectivity index (χ1v) is 22.1. The summed E-state index contributed by atoms with van der Waals surface area (Å²) in [5.41, 5.74) is 12.2. The molecule has 0 radical (unpaired) electrons. The van der Waals surface area contributed by atoms with Crippen molar-refractivity contribution in [3.8, 4) is 39.1 Å². The monoisotopic (exact) mass is 805 g/mol. The van der Waals surface area contributed by atoms with Gasteiger partial charge in [0.25, 0.3) is 0 Å². The average Bonchev–Trinajstić information content (AvgIpc) is 3.91. The second kappa shape index (κ2) is 14.9. The second-order valence-electron chi connectivity index (χ2n) is 16.7. The lowest BCUT2D eigenvalue weighted by Crippen LogP contribution is -1.96. The molecule has 0 aliphatic rings. The summed E-state index contributed by atoms with van der Waals surface area (Å²) in [5.74, 6) is 0. The van der Waals surface area contributed by atoms with Gasteiger partial charge in [-0.1, -0.05) is 196 Å². The van der Waals surface area contributed by atoms with Gasteiger partial charge in [0.1, 0.15) is 11.2 Å². The number of aromatic nitrogens is 1. The summed E-state index contributed by atoms with van der Waals surface area (Å²) >= 11 is 0. The van der Waals surface area contributed by atoms with Crippen LogP contribution in [0.1, 0.15) is 20.3 Å². The first kappa shape index (κ1) is 36.9. The van der Waals surface area contributed by atoms with Gasteiger partial charge in [0.2, 0.25) is 0 Å². The van der Waals surface area contributed by atoms with Gasteiger partial charge in [0.15, 0.2) is 0 Å². The van der Waals surface area contributed by atoms with Crippen LogP contribution in [-0.2, 0) is 0 Å². The molecule has 0 amide bonds. The maximum atomic E-state index is 6.66. The molecule has 0 fully saturated rings. The minimum Gasteiger partial charge on any atom is -0.455 e. The van der Waals surface area contributed by atoms with Crippen molar-refractivity contribution < 1.29 is 4.42 Å². The van der Waals surface area contributed by atoms with Crippen LogP contribution in [0.15, 0.2) is 217 Å².